The molecular formula is C17H19ClN2. The molecule has 2 nitrogen and oxygen atoms in total. The van der Waals surface area contributed by atoms with Crippen molar-refractivity contribution in [3.63, 3.8) is 0 Å². The predicted octanol–water partition coefficient (Wildman–Crippen LogP) is 4.26. The average molecular weight is 287 g/mol. The zero-order chi connectivity index (χ0) is 13.9. The first-order chi connectivity index (χ1) is 9.72. The zero-order valence-corrected chi connectivity index (χ0v) is 12.2. The lowest BCUT2D eigenvalue weighted by atomic mass is 10.0. The van der Waals surface area contributed by atoms with Crippen molar-refractivity contribution in [2.75, 3.05) is 12.3 Å². The maximum Gasteiger partial charge on any atom is 0.0409 e. The molecule has 104 valence electrons. The number of halogens is 1. The van der Waals surface area contributed by atoms with E-state index in [1.165, 1.54) is 24.0 Å². The van der Waals surface area contributed by atoms with E-state index in [9.17, 15) is 0 Å². The van der Waals surface area contributed by atoms with Crippen LogP contribution in [0, 0.1) is 0 Å². The van der Waals surface area contributed by atoms with Crippen LogP contribution in [0.4, 0.5) is 5.69 Å². The Labute approximate surface area is 125 Å². The minimum Gasteiger partial charge on any atom is -0.399 e. The minimum atomic E-state index is 0.468. The van der Waals surface area contributed by atoms with Crippen molar-refractivity contribution >= 4 is 17.3 Å². The van der Waals surface area contributed by atoms with Gasteiger partial charge in [0.25, 0.3) is 0 Å². The number of hydrogen-bond donors (Lipinski definition) is 1. The molecule has 3 heteroatoms. The molecule has 2 aromatic rings. The topological polar surface area (TPSA) is 29.3 Å². The van der Waals surface area contributed by atoms with E-state index in [0.717, 1.165) is 23.8 Å². The van der Waals surface area contributed by atoms with E-state index in [2.05, 4.69) is 29.2 Å². The molecule has 1 unspecified atom stereocenters. The first kappa shape index (κ1) is 13.5. The number of hydrogen-bond acceptors (Lipinski definition) is 2. The Hall–Kier alpha value is -1.51. The van der Waals surface area contributed by atoms with Crippen LogP contribution >= 0.6 is 11.6 Å². The molecule has 1 aliphatic heterocycles. The van der Waals surface area contributed by atoms with Gasteiger partial charge >= 0.3 is 0 Å². The maximum absolute atomic E-state index is 6.12. The first-order valence-electron chi connectivity index (χ1n) is 7.06. The van der Waals surface area contributed by atoms with Crippen LogP contribution in [0.25, 0.3) is 0 Å². The molecule has 0 spiro atoms. The van der Waals surface area contributed by atoms with Crippen molar-refractivity contribution in [3.8, 4) is 0 Å². The monoisotopic (exact) mass is 286 g/mol. The summed E-state index contributed by atoms with van der Waals surface area (Å²) in [5.41, 5.74) is 9.29. The van der Waals surface area contributed by atoms with Crippen molar-refractivity contribution in [2.45, 2.75) is 25.4 Å². The Morgan fingerprint density at radius 1 is 1.15 bits per heavy atom. The van der Waals surface area contributed by atoms with Crippen molar-refractivity contribution in [1.29, 1.82) is 0 Å². The number of anilines is 1. The number of likely N-dealkylation sites (tertiary alicyclic amines) is 1. The second kappa shape index (κ2) is 5.86. The Morgan fingerprint density at radius 3 is 2.80 bits per heavy atom. The van der Waals surface area contributed by atoms with Crippen LogP contribution in [0.15, 0.2) is 48.5 Å². The van der Waals surface area contributed by atoms with Crippen LogP contribution in [0.1, 0.15) is 30.0 Å². The Morgan fingerprint density at radius 2 is 2.00 bits per heavy atom. The zero-order valence-electron chi connectivity index (χ0n) is 11.4. The fourth-order valence-corrected chi connectivity index (χ4v) is 3.23. The number of nitrogens with two attached hydrogens (primary N) is 1. The van der Waals surface area contributed by atoms with Gasteiger partial charge in [0.15, 0.2) is 0 Å². The van der Waals surface area contributed by atoms with Gasteiger partial charge in [-0.25, -0.2) is 0 Å². The SMILES string of the molecule is Nc1cccc(CN2CCCC2c2cccc(Cl)c2)c1. The van der Waals surface area contributed by atoms with Crippen LogP contribution in [-0.4, -0.2) is 11.4 Å². The molecule has 0 aliphatic carbocycles. The first-order valence-corrected chi connectivity index (χ1v) is 7.44. The molecule has 0 aromatic heterocycles. The average Bonchev–Trinajstić information content (AvgIpc) is 2.87. The summed E-state index contributed by atoms with van der Waals surface area (Å²) >= 11 is 6.12. The predicted molar refractivity (Wildman–Crippen MR) is 84.7 cm³/mol. The van der Waals surface area contributed by atoms with Gasteiger partial charge in [0.1, 0.15) is 0 Å². The molecule has 1 heterocycles. The summed E-state index contributed by atoms with van der Waals surface area (Å²) in [5, 5.41) is 0.818. The lowest BCUT2D eigenvalue weighted by Crippen LogP contribution is -2.22. The Balaban J connectivity index is 1.79. The van der Waals surface area contributed by atoms with Crippen LogP contribution in [-0.2, 0) is 6.54 Å². The molecule has 0 radical (unpaired) electrons. The van der Waals surface area contributed by atoms with Gasteiger partial charge in [0.05, 0.1) is 0 Å². The van der Waals surface area contributed by atoms with E-state index in [1.54, 1.807) is 0 Å². The lowest BCUT2D eigenvalue weighted by molar-refractivity contribution is 0.248. The molecule has 1 fully saturated rings. The molecule has 3 rings (SSSR count). The van der Waals surface area contributed by atoms with Gasteiger partial charge in [0, 0.05) is 23.3 Å². The summed E-state index contributed by atoms with van der Waals surface area (Å²) < 4.78 is 0. The lowest BCUT2D eigenvalue weighted by Gasteiger charge is -2.25. The van der Waals surface area contributed by atoms with Crippen molar-refractivity contribution in [1.82, 2.24) is 4.90 Å². The fourth-order valence-electron chi connectivity index (χ4n) is 3.03. The van der Waals surface area contributed by atoms with E-state index < -0.39 is 0 Å². The summed E-state index contributed by atoms with van der Waals surface area (Å²) in [4.78, 5) is 2.51. The minimum absolute atomic E-state index is 0.468. The maximum atomic E-state index is 6.12. The van der Waals surface area contributed by atoms with Gasteiger partial charge < -0.3 is 5.73 Å². The third kappa shape index (κ3) is 2.97. The van der Waals surface area contributed by atoms with Crippen LogP contribution in [0.3, 0.4) is 0 Å². The van der Waals surface area contributed by atoms with E-state index in [0.29, 0.717) is 6.04 Å². The molecule has 0 amide bonds. The summed E-state index contributed by atoms with van der Waals surface area (Å²) in [7, 11) is 0. The van der Waals surface area contributed by atoms with Crippen LogP contribution < -0.4 is 5.73 Å². The second-order valence-corrected chi connectivity index (χ2v) is 5.86. The summed E-state index contributed by atoms with van der Waals surface area (Å²) in [6.45, 7) is 2.08. The molecule has 0 bridgehead atoms. The highest BCUT2D eigenvalue weighted by molar-refractivity contribution is 6.30. The summed E-state index contributed by atoms with van der Waals surface area (Å²) in [6, 6.07) is 16.9. The van der Waals surface area contributed by atoms with Gasteiger partial charge in [-0.3, -0.25) is 4.90 Å². The summed E-state index contributed by atoms with van der Waals surface area (Å²) in [6.07, 6.45) is 2.43. The quantitative estimate of drug-likeness (QED) is 0.854. The van der Waals surface area contributed by atoms with E-state index >= 15 is 0 Å². The molecule has 0 saturated carbocycles. The number of nitrogen functional groups attached to an aromatic ring is 1. The standard InChI is InChI=1S/C17H19ClN2/c18-15-6-2-5-14(11-15)17-8-3-9-20(17)12-13-4-1-7-16(19)10-13/h1-2,4-7,10-11,17H,3,8-9,12,19H2. The largest absolute Gasteiger partial charge is 0.399 e. The Kier molecular flexibility index (Phi) is 3.95. The third-order valence-corrected chi connectivity index (χ3v) is 4.17. The van der Waals surface area contributed by atoms with Gasteiger partial charge in [-0.2, -0.15) is 0 Å². The highest BCUT2D eigenvalue weighted by atomic mass is 35.5. The van der Waals surface area contributed by atoms with Crippen LogP contribution in [0.2, 0.25) is 5.02 Å². The van der Waals surface area contributed by atoms with Crippen molar-refractivity contribution < 1.29 is 0 Å². The van der Waals surface area contributed by atoms with Gasteiger partial charge in [-0.1, -0.05) is 35.9 Å². The van der Waals surface area contributed by atoms with E-state index in [4.69, 9.17) is 17.3 Å². The van der Waals surface area contributed by atoms with Crippen molar-refractivity contribution in [2.24, 2.45) is 0 Å². The fraction of sp³-hybridized carbons (Fsp3) is 0.294. The van der Waals surface area contributed by atoms with Gasteiger partial charge in [-0.15, -0.1) is 0 Å². The highest BCUT2D eigenvalue weighted by Gasteiger charge is 2.25. The smallest absolute Gasteiger partial charge is 0.0409 e. The second-order valence-electron chi connectivity index (χ2n) is 5.43. The molecule has 1 atom stereocenters. The third-order valence-electron chi connectivity index (χ3n) is 3.93. The molecule has 20 heavy (non-hydrogen) atoms. The number of rotatable bonds is 3. The van der Waals surface area contributed by atoms with Gasteiger partial charge in [0.2, 0.25) is 0 Å². The van der Waals surface area contributed by atoms with E-state index in [1.807, 2.05) is 24.3 Å². The number of nitrogens with zero attached hydrogens (tertiary/aromatic N) is 1. The number of benzene rings is 2. The molecule has 1 aliphatic rings. The molecule has 1 saturated heterocycles. The van der Waals surface area contributed by atoms with Gasteiger partial charge in [-0.05, 0) is 54.8 Å². The molecule has 2 aromatic carbocycles. The normalized spacial score (nSPS) is 19.4. The molecular weight excluding hydrogens is 268 g/mol. The van der Waals surface area contributed by atoms with Crippen LogP contribution in [0.5, 0.6) is 0 Å². The Bertz CT molecular complexity index is 597. The van der Waals surface area contributed by atoms with E-state index in [-0.39, 0.29) is 0 Å². The molecule has 2 N–H and O–H groups in total. The summed E-state index contributed by atoms with van der Waals surface area (Å²) in [5.74, 6) is 0. The highest BCUT2D eigenvalue weighted by Crippen LogP contribution is 2.34. The van der Waals surface area contributed by atoms with Crippen molar-refractivity contribution in [3.05, 3.63) is 64.7 Å².